The van der Waals surface area contributed by atoms with E-state index in [1.165, 1.54) is 19.2 Å². The zero-order valence-corrected chi connectivity index (χ0v) is 21.9. The minimum Gasteiger partial charge on any atom is -0.495 e. The van der Waals surface area contributed by atoms with Crippen LogP contribution in [0.2, 0.25) is 0 Å². The first kappa shape index (κ1) is 27.7. The summed E-state index contributed by atoms with van der Waals surface area (Å²) < 4.78 is 38.7. The Bertz CT molecular complexity index is 1330. The Labute approximate surface area is 217 Å². The third kappa shape index (κ3) is 7.08. The molecule has 0 aromatic heterocycles. The zero-order valence-electron chi connectivity index (χ0n) is 21.1. The fraction of sp³-hybridized carbons (Fsp3) is 0.259. The summed E-state index contributed by atoms with van der Waals surface area (Å²) in [6.07, 6.45) is 0.640. The number of sulfonamides is 1. The Balaban J connectivity index is 1.89. The van der Waals surface area contributed by atoms with Crippen molar-refractivity contribution in [2.24, 2.45) is 0 Å². The molecule has 9 nitrogen and oxygen atoms in total. The molecule has 37 heavy (non-hydrogen) atoms. The van der Waals surface area contributed by atoms with Crippen molar-refractivity contribution in [2.75, 3.05) is 43.5 Å². The summed E-state index contributed by atoms with van der Waals surface area (Å²) in [6.45, 7) is 2.23. The zero-order chi connectivity index (χ0) is 26.8. The van der Waals surface area contributed by atoms with Crippen LogP contribution in [0.1, 0.15) is 22.3 Å². The normalized spacial score (nSPS) is 11.0. The van der Waals surface area contributed by atoms with Crippen LogP contribution >= 0.6 is 0 Å². The van der Waals surface area contributed by atoms with E-state index in [2.05, 4.69) is 10.6 Å². The van der Waals surface area contributed by atoms with Crippen molar-refractivity contribution in [3.8, 4) is 5.75 Å². The molecule has 196 valence electrons. The van der Waals surface area contributed by atoms with E-state index < -0.39 is 22.5 Å². The summed E-state index contributed by atoms with van der Waals surface area (Å²) in [5.74, 6) is -0.691. The number of rotatable bonds is 12. The molecular weight excluding hydrogens is 494 g/mol. The van der Waals surface area contributed by atoms with Crippen molar-refractivity contribution in [1.29, 1.82) is 0 Å². The lowest BCUT2D eigenvalue weighted by atomic mass is 10.1. The molecule has 3 aromatic carbocycles. The van der Waals surface area contributed by atoms with E-state index in [1.54, 1.807) is 67.8 Å². The molecule has 0 heterocycles. The van der Waals surface area contributed by atoms with E-state index in [4.69, 9.17) is 9.47 Å². The van der Waals surface area contributed by atoms with Crippen LogP contribution in [0.3, 0.4) is 0 Å². The van der Waals surface area contributed by atoms with Crippen LogP contribution in [0.4, 0.5) is 11.4 Å². The highest BCUT2D eigenvalue weighted by molar-refractivity contribution is 7.92. The van der Waals surface area contributed by atoms with E-state index in [9.17, 15) is 18.0 Å². The number of carbonyl (C=O) groups is 2. The Morgan fingerprint density at radius 1 is 0.919 bits per heavy atom. The number of carbonyl (C=O) groups excluding carboxylic acids is 2. The number of ether oxygens (including phenoxy) is 2. The van der Waals surface area contributed by atoms with E-state index in [0.717, 1.165) is 9.87 Å². The van der Waals surface area contributed by atoms with Crippen molar-refractivity contribution in [3.05, 3.63) is 83.9 Å². The fourth-order valence-electron chi connectivity index (χ4n) is 3.60. The van der Waals surface area contributed by atoms with Gasteiger partial charge in [-0.1, -0.05) is 42.0 Å². The average molecular weight is 526 g/mol. The molecular formula is C27H31N3O6S. The summed E-state index contributed by atoms with van der Waals surface area (Å²) in [4.78, 5) is 25.9. The van der Waals surface area contributed by atoms with Crippen LogP contribution < -0.4 is 19.7 Å². The lowest BCUT2D eigenvalue weighted by Crippen LogP contribution is -2.38. The summed E-state index contributed by atoms with van der Waals surface area (Å²) >= 11 is 0. The van der Waals surface area contributed by atoms with Gasteiger partial charge in [0.25, 0.3) is 15.9 Å². The fourth-order valence-corrected chi connectivity index (χ4v) is 5.03. The molecule has 0 radical (unpaired) electrons. The van der Waals surface area contributed by atoms with Crippen molar-refractivity contribution in [3.63, 3.8) is 0 Å². The minimum atomic E-state index is -4.13. The van der Waals surface area contributed by atoms with Gasteiger partial charge in [-0.15, -0.1) is 0 Å². The molecule has 3 rings (SSSR count). The van der Waals surface area contributed by atoms with Gasteiger partial charge < -0.3 is 20.1 Å². The number of hydrogen-bond donors (Lipinski definition) is 2. The van der Waals surface area contributed by atoms with Gasteiger partial charge in [-0.05, 0) is 49.7 Å². The Morgan fingerprint density at radius 2 is 1.59 bits per heavy atom. The second-order valence-corrected chi connectivity index (χ2v) is 10.1. The third-order valence-electron chi connectivity index (χ3n) is 5.51. The van der Waals surface area contributed by atoms with Gasteiger partial charge in [0.15, 0.2) is 0 Å². The molecule has 0 unspecified atom stereocenters. The van der Waals surface area contributed by atoms with E-state index >= 15 is 0 Å². The van der Waals surface area contributed by atoms with Crippen LogP contribution in [-0.2, 0) is 19.6 Å². The van der Waals surface area contributed by atoms with E-state index in [1.807, 2.05) is 6.92 Å². The number of para-hydroxylation sites is 3. The van der Waals surface area contributed by atoms with Crippen molar-refractivity contribution in [1.82, 2.24) is 5.32 Å². The highest BCUT2D eigenvalue weighted by atomic mass is 32.2. The molecule has 0 atom stereocenters. The number of aryl methyl sites for hydroxylation is 1. The van der Waals surface area contributed by atoms with Crippen molar-refractivity contribution < 1.29 is 27.5 Å². The molecule has 2 N–H and O–H groups in total. The predicted octanol–water partition coefficient (Wildman–Crippen LogP) is 3.60. The molecule has 0 aliphatic heterocycles. The molecule has 0 aliphatic carbocycles. The molecule has 3 aromatic rings. The second-order valence-electron chi connectivity index (χ2n) is 8.19. The summed E-state index contributed by atoms with van der Waals surface area (Å²) in [6, 6.07) is 19.5. The quantitative estimate of drug-likeness (QED) is 0.349. The lowest BCUT2D eigenvalue weighted by molar-refractivity contribution is -0.114. The van der Waals surface area contributed by atoms with Gasteiger partial charge in [0.1, 0.15) is 12.3 Å². The largest absolute Gasteiger partial charge is 0.495 e. The number of nitrogens with one attached hydrogen (secondary N) is 2. The molecule has 0 saturated carbocycles. The van der Waals surface area contributed by atoms with Crippen LogP contribution in [-0.4, -0.2) is 54.1 Å². The van der Waals surface area contributed by atoms with Gasteiger partial charge in [0, 0.05) is 20.3 Å². The van der Waals surface area contributed by atoms with Gasteiger partial charge >= 0.3 is 0 Å². The Hall–Kier alpha value is -3.89. The molecule has 0 spiro atoms. The smallest absolute Gasteiger partial charge is 0.264 e. The number of hydrogen-bond acceptors (Lipinski definition) is 6. The monoisotopic (exact) mass is 525 g/mol. The molecule has 0 aliphatic rings. The SMILES string of the molecule is COCCCNC(=O)c1ccccc1NC(=O)CN(c1ccccc1OC)S(=O)(=O)c1ccc(C)cc1. The molecule has 10 heteroatoms. The van der Waals surface area contributed by atoms with E-state index in [0.29, 0.717) is 25.3 Å². The topological polar surface area (TPSA) is 114 Å². The Kier molecular flexibility index (Phi) is 9.64. The maximum absolute atomic E-state index is 13.7. The highest BCUT2D eigenvalue weighted by Gasteiger charge is 2.29. The number of amides is 2. The second kappa shape index (κ2) is 12.9. The summed E-state index contributed by atoms with van der Waals surface area (Å²) in [5.41, 5.74) is 1.64. The number of nitrogens with zero attached hydrogens (tertiary/aromatic N) is 1. The molecule has 0 fully saturated rings. The van der Waals surface area contributed by atoms with Gasteiger partial charge in [-0.3, -0.25) is 13.9 Å². The van der Waals surface area contributed by atoms with Crippen LogP contribution in [0.15, 0.2) is 77.7 Å². The average Bonchev–Trinajstić information content (AvgIpc) is 2.90. The number of methoxy groups -OCH3 is 2. The Morgan fingerprint density at radius 3 is 2.30 bits per heavy atom. The predicted molar refractivity (Wildman–Crippen MR) is 143 cm³/mol. The minimum absolute atomic E-state index is 0.0349. The maximum Gasteiger partial charge on any atom is 0.264 e. The first-order valence-electron chi connectivity index (χ1n) is 11.7. The first-order chi connectivity index (χ1) is 17.8. The summed E-state index contributed by atoms with van der Waals surface area (Å²) in [7, 11) is -1.12. The number of benzene rings is 3. The van der Waals surface area contributed by atoms with Gasteiger partial charge in [-0.2, -0.15) is 0 Å². The van der Waals surface area contributed by atoms with Crippen LogP contribution in [0.25, 0.3) is 0 Å². The van der Waals surface area contributed by atoms with E-state index in [-0.39, 0.29) is 27.7 Å². The molecule has 2 amide bonds. The number of anilines is 2. The highest BCUT2D eigenvalue weighted by Crippen LogP contribution is 2.32. The van der Waals surface area contributed by atoms with Gasteiger partial charge in [-0.25, -0.2) is 8.42 Å². The lowest BCUT2D eigenvalue weighted by Gasteiger charge is -2.26. The van der Waals surface area contributed by atoms with Crippen molar-refractivity contribution in [2.45, 2.75) is 18.2 Å². The molecule has 0 saturated heterocycles. The van der Waals surface area contributed by atoms with Gasteiger partial charge in [0.05, 0.1) is 28.9 Å². The standard InChI is InChI=1S/C27H31N3O6S/c1-20-13-15-21(16-14-20)37(33,34)30(24-11-6-7-12-25(24)36-3)19-26(31)29-23-10-5-4-9-22(23)27(32)28-17-8-18-35-2/h4-7,9-16H,8,17-19H2,1-3H3,(H,28,32)(H,29,31). The van der Waals surface area contributed by atoms with Crippen LogP contribution in [0, 0.1) is 6.92 Å². The van der Waals surface area contributed by atoms with Gasteiger partial charge in [0.2, 0.25) is 5.91 Å². The summed E-state index contributed by atoms with van der Waals surface area (Å²) in [5, 5.41) is 5.48. The van der Waals surface area contributed by atoms with Crippen molar-refractivity contribution >= 4 is 33.2 Å². The maximum atomic E-state index is 13.7. The third-order valence-corrected chi connectivity index (χ3v) is 7.28. The molecule has 0 bridgehead atoms. The van der Waals surface area contributed by atoms with Crippen LogP contribution in [0.5, 0.6) is 5.75 Å². The first-order valence-corrected chi connectivity index (χ1v) is 13.1.